The van der Waals surface area contributed by atoms with Crippen molar-refractivity contribution in [3.63, 3.8) is 0 Å². The fraction of sp³-hybridized carbons (Fsp3) is 0.333. The monoisotopic (exact) mass is 203 g/mol. The number of halogens is 1. The molecule has 1 aromatic rings. The van der Waals surface area contributed by atoms with Crippen LogP contribution in [0.4, 0.5) is 0 Å². The second kappa shape index (κ2) is 5.19. The molecular formula is C9H14ClNO2. The van der Waals surface area contributed by atoms with Crippen LogP contribution in [0.1, 0.15) is 5.56 Å². The van der Waals surface area contributed by atoms with E-state index in [-0.39, 0.29) is 12.4 Å². The Morgan fingerprint density at radius 1 is 1.08 bits per heavy atom. The Balaban J connectivity index is 0.00000144. The largest absolute Gasteiger partial charge is 0.337 e. The molecule has 0 atom stereocenters. The third-order valence-electron chi connectivity index (χ3n) is 1.78. The zero-order valence-corrected chi connectivity index (χ0v) is 8.51. The Labute approximate surface area is 84.2 Å². The molecule has 0 spiro atoms. The first kappa shape index (κ1) is 12.4. The predicted molar refractivity (Wildman–Crippen MR) is 53.6 cm³/mol. The fourth-order valence-electron chi connectivity index (χ4n) is 0.989. The van der Waals surface area contributed by atoms with Crippen molar-refractivity contribution < 1.29 is 9.47 Å². The van der Waals surface area contributed by atoms with Gasteiger partial charge in [-0.1, -0.05) is 30.3 Å². The van der Waals surface area contributed by atoms with Crippen LogP contribution in [0.3, 0.4) is 0 Å². The van der Waals surface area contributed by atoms with Crippen LogP contribution in [-0.4, -0.2) is 14.2 Å². The average Bonchev–Trinajstić information content (AvgIpc) is 2.18. The molecule has 0 amide bonds. The first-order chi connectivity index (χ1) is 5.73. The molecule has 0 bridgehead atoms. The number of ether oxygens (including phenoxy) is 2. The van der Waals surface area contributed by atoms with E-state index in [0.717, 1.165) is 5.56 Å². The van der Waals surface area contributed by atoms with Crippen LogP contribution in [-0.2, 0) is 15.4 Å². The smallest absolute Gasteiger partial charge is 0.252 e. The summed E-state index contributed by atoms with van der Waals surface area (Å²) in [6.45, 7) is 0. The van der Waals surface area contributed by atoms with Crippen LogP contribution in [0.2, 0.25) is 0 Å². The molecule has 0 aliphatic heterocycles. The average molecular weight is 204 g/mol. The minimum atomic E-state index is -1.12. The van der Waals surface area contributed by atoms with E-state index < -0.39 is 5.91 Å². The summed E-state index contributed by atoms with van der Waals surface area (Å²) in [7, 11) is 3.02. The number of benzene rings is 1. The Morgan fingerprint density at radius 2 is 1.54 bits per heavy atom. The molecule has 3 nitrogen and oxygen atoms in total. The Hall–Kier alpha value is -0.610. The van der Waals surface area contributed by atoms with Gasteiger partial charge in [-0.05, 0) is 0 Å². The molecule has 0 saturated carbocycles. The second-order valence-corrected chi connectivity index (χ2v) is 2.44. The van der Waals surface area contributed by atoms with E-state index in [4.69, 9.17) is 15.2 Å². The third-order valence-corrected chi connectivity index (χ3v) is 1.78. The number of nitrogens with two attached hydrogens (primary N) is 1. The van der Waals surface area contributed by atoms with E-state index in [9.17, 15) is 0 Å². The molecule has 2 N–H and O–H groups in total. The van der Waals surface area contributed by atoms with Crippen molar-refractivity contribution in [3.05, 3.63) is 35.9 Å². The molecule has 0 aliphatic rings. The van der Waals surface area contributed by atoms with Gasteiger partial charge in [0, 0.05) is 19.8 Å². The van der Waals surface area contributed by atoms with Gasteiger partial charge in [-0.2, -0.15) is 0 Å². The summed E-state index contributed by atoms with van der Waals surface area (Å²) in [5.74, 6) is -1.12. The standard InChI is InChI=1S/C9H13NO2.ClH/c1-11-9(10,12-2)8-6-4-3-5-7-8;/h3-7H,10H2,1-2H3;1H. The lowest BCUT2D eigenvalue weighted by molar-refractivity contribution is -0.211. The minimum Gasteiger partial charge on any atom is -0.337 e. The van der Waals surface area contributed by atoms with Crippen molar-refractivity contribution in [2.24, 2.45) is 5.73 Å². The maximum atomic E-state index is 5.77. The van der Waals surface area contributed by atoms with Crippen molar-refractivity contribution in [1.82, 2.24) is 0 Å². The van der Waals surface area contributed by atoms with Gasteiger partial charge in [0.2, 0.25) is 0 Å². The number of rotatable bonds is 3. The van der Waals surface area contributed by atoms with E-state index in [0.29, 0.717) is 0 Å². The summed E-state index contributed by atoms with van der Waals surface area (Å²) in [4.78, 5) is 0. The lowest BCUT2D eigenvalue weighted by Gasteiger charge is -2.25. The summed E-state index contributed by atoms with van der Waals surface area (Å²) in [6.07, 6.45) is 0. The van der Waals surface area contributed by atoms with Crippen LogP contribution < -0.4 is 5.73 Å². The van der Waals surface area contributed by atoms with Crippen LogP contribution in [0.15, 0.2) is 30.3 Å². The molecule has 0 aliphatic carbocycles. The molecule has 0 heterocycles. The minimum absolute atomic E-state index is 0. The van der Waals surface area contributed by atoms with Crippen LogP contribution in [0.25, 0.3) is 0 Å². The van der Waals surface area contributed by atoms with Crippen molar-refractivity contribution in [1.29, 1.82) is 0 Å². The molecule has 0 saturated heterocycles. The number of methoxy groups -OCH3 is 2. The first-order valence-electron chi connectivity index (χ1n) is 3.67. The van der Waals surface area contributed by atoms with E-state index >= 15 is 0 Å². The Bertz CT molecular complexity index is 237. The summed E-state index contributed by atoms with van der Waals surface area (Å²) in [5.41, 5.74) is 6.57. The van der Waals surface area contributed by atoms with Gasteiger partial charge in [0.05, 0.1) is 0 Å². The van der Waals surface area contributed by atoms with Crippen LogP contribution in [0.5, 0.6) is 0 Å². The van der Waals surface area contributed by atoms with Crippen LogP contribution >= 0.6 is 12.4 Å². The van der Waals surface area contributed by atoms with Gasteiger partial charge in [0.1, 0.15) is 0 Å². The molecule has 0 radical (unpaired) electrons. The van der Waals surface area contributed by atoms with Crippen molar-refractivity contribution in [2.75, 3.05) is 14.2 Å². The molecule has 0 fully saturated rings. The summed E-state index contributed by atoms with van der Waals surface area (Å²) < 4.78 is 10.1. The van der Waals surface area contributed by atoms with E-state index in [1.807, 2.05) is 30.3 Å². The maximum absolute atomic E-state index is 5.77. The van der Waals surface area contributed by atoms with Crippen molar-refractivity contribution >= 4 is 12.4 Å². The van der Waals surface area contributed by atoms with Gasteiger partial charge < -0.3 is 9.47 Å². The zero-order valence-electron chi connectivity index (χ0n) is 7.69. The number of hydrogen-bond acceptors (Lipinski definition) is 3. The SMILES string of the molecule is COC(N)(OC)c1ccccc1.Cl. The highest BCUT2D eigenvalue weighted by molar-refractivity contribution is 5.85. The lowest BCUT2D eigenvalue weighted by Crippen LogP contribution is -2.40. The molecule has 1 rings (SSSR count). The molecule has 74 valence electrons. The predicted octanol–water partition coefficient (Wildman–Crippen LogP) is 1.47. The molecule has 1 aromatic carbocycles. The summed E-state index contributed by atoms with van der Waals surface area (Å²) in [5, 5.41) is 0. The van der Waals surface area contributed by atoms with Gasteiger partial charge in [-0.25, -0.2) is 0 Å². The fourth-order valence-corrected chi connectivity index (χ4v) is 0.989. The third kappa shape index (κ3) is 2.67. The van der Waals surface area contributed by atoms with E-state index in [1.165, 1.54) is 14.2 Å². The molecular weight excluding hydrogens is 190 g/mol. The van der Waals surface area contributed by atoms with Crippen molar-refractivity contribution in [2.45, 2.75) is 5.91 Å². The van der Waals surface area contributed by atoms with Gasteiger partial charge in [0.15, 0.2) is 0 Å². The van der Waals surface area contributed by atoms with Gasteiger partial charge in [-0.3, -0.25) is 5.73 Å². The van der Waals surface area contributed by atoms with Crippen molar-refractivity contribution in [3.8, 4) is 0 Å². The summed E-state index contributed by atoms with van der Waals surface area (Å²) >= 11 is 0. The van der Waals surface area contributed by atoms with Crippen LogP contribution in [0, 0.1) is 0 Å². The summed E-state index contributed by atoms with van der Waals surface area (Å²) in [6, 6.07) is 9.39. The molecule has 4 heteroatoms. The van der Waals surface area contributed by atoms with Gasteiger partial charge in [-0.15, -0.1) is 12.4 Å². The highest BCUT2D eigenvalue weighted by atomic mass is 35.5. The van der Waals surface area contributed by atoms with E-state index in [2.05, 4.69) is 0 Å². The highest BCUT2D eigenvalue weighted by Crippen LogP contribution is 2.18. The highest BCUT2D eigenvalue weighted by Gasteiger charge is 2.25. The van der Waals surface area contributed by atoms with Gasteiger partial charge in [0.25, 0.3) is 5.91 Å². The normalized spacial score (nSPS) is 10.7. The second-order valence-electron chi connectivity index (χ2n) is 2.44. The quantitative estimate of drug-likeness (QED) is 0.757. The Kier molecular flexibility index (Phi) is 4.95. The molecule has 0 unspecified atom stereocenters. The molecule has 13 heavy (non-hydrogen) atoms. The maximum Gasteiger partial charge on any atom is 0.252 e. The Morgan fingerprint density at radius 3 is 1.92 bits per heavy atom. The lowest BCUT2D eigenvalue weighted by atomic mass is 10.2. The van der Waals surface area contributed by atoms with Gasteiger partial charge >= 0.3 is 0 Å². The molecule has 0 aromatic heterocycles. The number of hydrogen-bond donors (Lipinski definition) is 1. The first-order valence-corrected chi connectivity index (χ1v) is 3.67. The van der Waals surface area contributed by atoms with E-state index in [1.54, 1.807) is 0 Å². The zero-order chi connectivity index (χ0) is 9.03. The topological polar surface area (TPSA) is 44.5 Å².